The van der Waals surface area contributed by atoms with E-state index in [0.29, 0.717) is 18.2 Å². The summed E-state index contributed by atoms with van der Waals surface area (Å²) in [5, 5.41) is 17.3. The Hall–Kier alpha value is -3.17. The fourth-order valence-electron chi connectivity index (χ4n) is 2.90. The predicted molar refractivity (Wildman–Crippen MR) is 111 cm³/mol. The number of benzene rings is 1. The van der Waals surface area contributed by atoms with E-state index in [9.17, 15) is 4.39 Å². The second kappa shape index (κ2) is 8.46. The molecule has 2 N–H and O–H groups in total. The number of aliphatic hydroxyl groups excluding tert-OH is 1. The second-order valence-electron chi connectivity index (χ2n) is 6.46. The highest BCUT2D eigenvalue weighted by Gasteiger charge is 2.11. The molecule has 0 bridgehead atoms. The van der Waals surface area contributed by atoms with Crippen molar-refractivity contribution in [3.8, 4) is 21.0 Å². The van der Waals surface area contributed by atoms with Crippen LogP contribution in [0.5, 0.6) is 0 Å². The Bertz CT molecular complexity index is 1130. The standard InChI is InChI=1S/C20H19FN6OS/c1-13-6-14(8-17(7-13)26-20-22-3-2-16(9-21)25-20)18-11-23-19(29-18)15-10-24-27(12-15)4-5-28/h2-3,6-8,10-12,28H,4-5,9H2,1H3,(H,22,25,26). The average molecular weight is 410 g/mol. The number of rotatable bonds is 7. The Morgan fingerprint density at radius 2 is 2.07 bits per heavy atom. The van der Waals surface area contributed by atoms with Crippen molar-refractivity contribution in [1.29, 1.82) is 0 Å². The van der Waals surface area contributed by atoms with E-state index in [1.807, 2.05) is 31.5 Å². The predicted octanol–water partition coefficient (Wildman–Crippen LogP) is 3.98. The summed E-state index contributed by atoms with van der Waals surface area (Å²) in [6.07, 6.45) is 6.99. The molecule has 4 aromatic rings. The van der Waals surface area contributed by atoms with Gasteiger partial charge in [0.15, 0.2) is 0 Å². The molecule has 9 heteroatoms. The second-order valence-corrected chi connectivity index (χ2v) is 7.49. The van der Waals surface area contributed by atoms with Crippen molar-refractivity contribution < 1.29 is 9.50 Å². The largest absolute Gasteiger partial charge is 0.394 e. The molecule has 0 saturated carbocycles. The maximum Gasteiger partial charge on any atom is 0.227 e. The maximum atomic E-state index is 12.8. The number of aliphatic hydroxyl groups is 1. The molecule has 3 heterocycles. The summed E-state index contributed by atoms with van der Waals surface area (Å²) in [6.45, 7) is 1.88. The number of nitrogens with zero attached hydrogens (tertiary/aromatic N) is 5. The number of hydrogen-bond donors (Lipinski definition) is 2. The minimum absolute atomic E-state index is 0.0429. The molecule has 0 aliphatic carbocycles. The van der Waals surface area contributed by atoms with Gasteiger partial charge in [-0.05, 0) is 36.2 Å². The van der Waals surface area contributed by atoms with Crippen LogP contribution in [-0.4, -0.2) is 36.4 Å². The minimum Gasteiger partial charge on any atom is -0.394 e. The minimum atomic E-state index is -0.630. The van der Waals surface area contributed by atoms with Crippen LogP contribution < -0.4 is 5.32 Å². The molecule has 29 heavy (non-hydrogen) atoms. The molecular formula is C20H19FN6OS. The topological polar surface area (TPSA) is 88.8 Å². The third-order valence-corrected chi connectivity index (χ3v) is 5.28. The SMILES string of the molecule is Cc1cc(Nc2nccc(CF)n2)cc(-c2cnc(-c3cnn(CCO)c3)s2)c1. The van der Waals surface area contributed by atoms with E-state index in [1.54, 1.807) is 28.3 Å². The van der Waals surface area contributed by atoms with Gasteiger partial charge in [0.2, 0.25) is 5.95 Å². The Kier molecular flexibility index (Phi) is 5.59. The van der Waals surface area contributed by atoms with Gasteiger partial charge in [0, 0.05) is 29.8 Å². The summed E-state index contributed by atoms with van der Waals surface area (Å²) >= 11 is 1.56. The van der Waals surface area contributed by atoms with E-state index in [2.05, 4.69) is 31.4 Å². The molecule has 0 aliphatic heterocycles. The Morgan fingerprint density at radius 3 is 2.90 bits per heavy atom. The van der Waals surface area contributed by atoms with E-state index in [-0.39, 0.29) is 6.61 Å². The zero-order valence-corrected chi connectivity index (χ0v) is 16.5. The first-order valence-electron chi connectivity index (χ1n) is 9.01. The van der Waals surface area contributed by atoms with Crippen LogP contribution >= 0.6 is 11.3 Å². The lowest BCUT2D eigenvalue weighted by molar-refractivity contribution is 0.269. The first-order chi connectivity index (χ1) is 14.1. The number of anilines is 2. The van der Waals surface area contributed by atoms with Gasteiger partial charge in [-0.3, -0.25) is 4.68 Å². The van der Waals surface area contributed by atoms with Gasteiger partial charge in [0.1, 0.15) is 11.7 Å². The van der Waals surface area contributed by atoms with Crippen LogP contribution in [0.1, 0.15) is 11.3 Å². The summed E-state index contributed by atoms with van der Waals surface area (Å²) < 4.78 is 14.5. The Morgan fingerprint density at radius 1 is 1.17 bits per heavy atom. The van der Waals surface area contributed by atoms with Crippen LogP contribution in [-0.2, 0) is 13.2 Å². The van der Waals surface area contributed by atoms with Gasteiger partial charge in [-0.2, -0.15) is 5.10 Å². The number of nitrogens with one attached hydrogen (secondary N) is 1. The summed E-state index contributed by atoms with van der Waals surface area (Å²) in [4.78, 5) is 13.8. The monoisotopic (exact) mass is 410 g/mol. The molecule has 3 aromatic heterocycles. The third-order valence-electron chi connectivity index (χ3n) is 4.18. The van der Waals surface area contributed by atoms with E-state index in [1.165, 1.54) is 6.20 Å². The first kappa shape index (κ1) is 19.2. The lowest BCUT2D eigenvalue weighted by atomic mass is 10.1. The number of alkyl halides is 1. The van der Waals surface area contributed by atoms with Crippen LogP contribution in [0, 0.1) is 6.92 Å². The van der Waals surface area contributed by atoms with Crippen molar-refractivity contribution in [2.75, 3.05) is 11.9 Å². The molecule has 0 atom stereocenters. The van der Waals surface area contributed by atoms with E-state index in [0.717, 1.165) is 32.3 Å². The molecule has 1 aromatic carbocycles. The average Bonchev–Trinajstić information content (AvgIpc) is 3.37. The third kappa shape index (κ3) is 4.47. The zero-order valence-electron chi connectivity index (χ0n) is 15.7. The zero-order chi connectivity index (χ0) is 20.2. The van der Waals surface area contributed by atoms with Crippen LogP contribution in [0.3, 0.4) is 0 Å². The van der Waals surface area contributed by atoms with Crippen molar-refractivity contribution in [2.24, 2.45) is 0 Å². The summed E-state index contributed by atoms with van der Waals surface area (Å²) in [5.74, 6) is 0.359. The maximum absolute atomic E-state index is 12.8. The number of halogens is 1. The van der Waals surface area contributed by atoms with Crippen LogP contribution in [0.25, 0.3) is 21.0 Å². The molecule has 0 fully saturated rings. The van der Waals surface area contributed by atoms with Gasteiger partial charge < -0.3 is 10.4 Å². The molecule has 0 aliphatic rings. The van der Waals surface area contributed by atoms with Crippen LogP contribution in [0.4, 0.5) is 16.0 Å². The molecule has 4 rings (SSSR count). The number of thiazole rings is 1. The molecule has 0 amide bonds. The molecule has 0 radical (unpaired) electrons. The highest BCUT2D eigenvalue weighted by molar-refractivity contribution is 7.18. The smallest absolute Gasteiger partial charge is 0.227 e. The summed E-state index contributed by atoms with van der Waals surface area (Å²) in [6, 6.07) is 7.60. The van der Waals surface area contributed by atoms with Gasteiger partial charge in [-0.15, -0.1) is 11.3 Å². The number of aryl methyl sites for hydroxylation is 1. The van der Waals surface area contributed by atoms with Crippen LogP contribution in [0.15, 0.2) is 49.1 Å². The van der Waals surface area contributed by atoms with E-state index >= 15 is 0 Å². The molecule has 0 saturated heterocycles. The van der Waals surface area contributed by atoms with Crippen molar-refractivity contribution in [2.45, 2.75) is 20.1 Å². The fourth-order valence-corrected chi connectivity index (χ4v) is 3.78. The van der Waals surface area contributed by atoms with Gasteiger partial charge >= 0.3 is 0 Å². The molecule has 7 nitrogen and oxygen atoms in total. The number of aromatic nitrogens is 5. The summed E-state index contributed by atoms with van der Waals surface area (Å²) in [5.41, 5.74) is 4.15. The van der Waals surface area contributed by atoms with Gasteiger partial charge in [0.25, 0.3) is 0 Å². The fraction of sp³-hybridized carbons (Fsp3) is 0.200. The van der Waals surface area contributed by atoms with Crippen molar-refractivity contribution in [1.82, 2.24) is 24.7 Å². The lowest BCUT2D eigenvalue weighted by Gasteiger charge is -2.08. The van der Waals surface area contributed by atoms with Gasteiger partial charge in [-0.1, -0.05) is 6.07 Å². The Labute approximate surface area is 170 Å². The lowest BCUT2D eigenvalue weighted by Crippen LogP contribution is -2.01. The highest BCUT2D eigenvalue weighted by atomic mass is 32.1. The van der Waals surface area contributed by atoms with Gasteiger partial charge in [-0.25, -0.2) is 19.3 Å². The van der Waals surface area contributed by atoms with E-state index in [4.69, 9.17) is 5.11 Å². The molecule has 148 valence electrons. The van der Waals surface area contributed by atoms with Crippen molar-refractivity contribution in [3.63, 3.8) is 0 Å². The molecule has 0 spiro atoms. The summed E-state index contributed by atoms with van der Waals surface area (Å²) in [7, 11) is 0. The molecular weight excluding hydrogens is 391 g/mol. The highest BCUT2D eigenvalue weighted by Crippen LogP contribution is 2.34. The number of hydrogen-bond acceptors (Lipinski definition) is 7. The Balaban J connectivity index is 1.59. The van der Waals surface area contributed by atoms with Crippen molar-refractivity contribution >= 4 is 23.0 Å². The normalized spacial score (nSPS) is 11.0. The van der Waals surface area contributed by atoms with Crippen LogP contribution in [0.2, 0.25) is 0 Å². The molecule has 0 unspecified atom stereocenters. The quantitative estimate of drug-likeness (QED) is 0.479. The van der Waals surface area contributed by atoms with Gasteiger partial charge in [0.05, 0.1) is 29.9 Å². The van der Waals surface area contributed by atoms with Crippen molar-refractivity contribution in [3.05, 3.63) is 60.3 Å². The first-order valence-corrected chi connectivity index (χ1v) is 9.83. The van der Waals surface area contributed by atoms with E-state index < -0.39 is 6.67 Å².